The number of carbonyl (C=O) groups is 1. The molecule has 0 N–H and O–H groups in total. The first-order chi connectivity index (χ1) is 8.50. The predicted octanol–water partition coefficient (Wildman–Crippen LogP) is 3.32. The van der Waals surface area contributed by atoms with Crippen molar-refractivity contribution in [2.45, 2.75) is 39.2 Å². The standard InChI is InChI=1S/C15H20FNO/c1-10(2)15(18)17(3)14-6-4-5-11-7-8-12(16)9-13(11)14/h7-10,14H,4-6H2,1-3H3. The molecule has 0 fully saturated rings. The second-order valence-corrected chi connectivity index (χ2v) is 5.36. The number of aryl methyl sites for hydroxylation is 1. The third kappa shape index (κ3) is 2.40. The molecule has 1 aromatic carbocycles. The topological polar surface area (TPSA) is 20.3 Å². The second-order valence-electron chi connectivity index (χ2n) is 5.36. The molecule has 0 aromatic heterocycles. The summed E-state index contributed by atoms with van der Waals surface area (Å²) in [6.45, 7) is 3.79. The summed E-state index contributed by atoms with van der Waals surface area (Å²) >= 11 is 0. The van der Waals surface area contributed by atoms with Crippen molar-refractivity contribution in [3.63, 3.8) is 0 Å². The molecule has 0 heterocycles. The van der Waals surface area contributed by atoms with Crippen LogP contribution in [-0.2, 0) is 11.2 Å². The molecule has 0 spiro atoms. The lowest BCUT2D eigenvalue weighted by molar-refractivity contribution is -0.135. The van der Waals surface area contributed by atoms with Crippen LogP contribution in [0.25, 0.3) is 0 Å². The molecule has 1 amide bonds. The van der Waals surface area contributed by atoms with E-state index >= 15 is 0 Å². The van der Waals surface area contributed by atoms with Gasteiger partial charge in [0.25, 0.3) is 0 Å². The molecule has 1 atom stereocenters. The van der Waals surface area contributed by atoms with Crippen LogP contribution >= 0.6 is 0 Å². The summed E-state index contributed by atoms with van der Waals surface area (Å²) < 4.78 is 13.4. The van der Waals surface area contributed by atoms with Crippen molar-refractivity contribution in [1.82, 2.24) is 4.90 Å². The van der Waals surface area contributed by atoms with Crippen molar-refractivity contribution >= 4 is 5.91 Å². The van der Waals surface area contributed by atoms with E-state index < -0.39 is 0 Å². The van der Waals surface area contributed by atoms with Crippen LogP contribution in [0.2, 0.25) is 0 Å². The molecule has 0 saturated carbocycles. The number of fused-ring (bicyclic) bond motifs is 1. The van der Waals surface area contributed by atoms with E-state index in [-0.39, 0.29) is 23.7 Å². The zero-order chi connectivity index (χ0) is 13.3. The van der Waals surface area contributed by atoms with Crippen LogP contribution in [0.5, 0.6) is 0 Å². The molecule has 0 bridgehead atoms. The second kappa shape index (κ2) is 5.09. The summed E-state index contributed by atoms with van der Waals surface area (Å²) in [4.78, 5) is 13.8. The molecule has 0 aliphatic heterocycles. The highest BCUT2D eigenvalue weighted by molar-refractivity contribution is 5.78. The monoisotopic (exact) mass is 249 g/mol. The Kier molecular flexibility index (Phi) is 3.69. The molecule has 98 valence electrons. The van der Waals surface area contributed by atoms with Crippen LogP contribution in [0, 0.1) is 11.7 Å². The van der Waals surface area contributed by atoms with Crippen molar-refractivity contribution in [3.8, 4) is 0 Å². The molecule has 0 saturated heterocycles. The zero-order valence-corrected chi connectivity index (χ0v) is 11.2. The van der Waals surface area contributed by atoms with Crippen LogP contribution in [-0.4, -0.2) is 17.9 Å². The Bertz CT molecular complexity index is 456. The Hall–Kier alpha value is -1.38. The number of carbonyl (C=O) groups excluding carboxylic acids is 1. The Morgan fingerprint density at radius 1 is 1.44 bits per heavy atom. The molecule has 1 aliphatic rings. The van der Waals surface area contributed by atoms with Gasteiger partial charge in [0.15, 0.2) is 0 Å². The number of benzene rings is 1. The van der Waals surface area contributed by atoms with Gasteiger partial charge in [0, 0.05) is 13.0 Å². The number of hydrogen-bond acceptors (Lipinski definition) is 1. The van der Waals surface area contributed by atoms with Gasteiger partial charge in [-0.2, -0.15) is 0 Å². The van der Waals surface area contributed by atoms with Gasteiger partial charge in [-0.1, -0.05) is 19.9 Å². The van der Waals surface area contributed by atoms with E-state index in [2.05, 4.69) is 0 Å². The molecule has 3 heteroatoms. The van der Waals surface area contributed by atoms with Gasteiger partial charge in [-0.3, -0.25) is 4.79 Å². The first kappa shape index (κ1) is 13.1. The third-order valence-corrected chi connectivity index (χ3v) is 3.70. The largest absolute Gasteiger partial charge is 0.338 e. The maximum Gasteiger partial charge on any atom is 0.225 e. The molecule has 1 unspecified atom stereocenters. The lowest BCUT2D eigenvalue weighted by Gasteiger charge is -2.34. The number of rotatable bonds is 2. The van der Waals surface area contributed by atoms with Crippen molar-refractivity contribution in [1.29, 1.82) is 0 Å². The normalized spacial score (nSPS) is 18.6. The summed E-state index contributed by atoms with van der Waals surface area (Å²) in [5, 5.41) is 0. The van der Waals surface area contributed by atoms with Crippen LogP contribution < -0.4 is 0 Å². The molecule has 0 radical (unpaired) electrons. The first-order valence-corrected chi connectivity index (χ1v) is 6.55. The van der Waals surface area contributed by atoms with Gasteiger partial charge in [-0.05, 0) is 42.5 Å². The van der Waals surface area contributed by atoms with E-state index in [1.807, 2.05) is 27.0 Å². The van der Waals surface area contributed by atoms with E-state index in [0.29, 0.717) is 0 Å². The summed E-state index contributed by atoms with van der Waals surface area (Å²) in [5.74, 6) is -0.114. The summed E-state index contributed by atoms with van der Waals surface area (Å²) in [6, 6.07) is 4.97. The third-order valence-electron chi connectivity index (χ3n) is 3.70. The van der Waals surface area contributed by atoms with Crippen LogP contribution in [0.4, 0.5) is 4.39 Å². The Morgan fingerprint density at radius 2 is 2.17 bits per heavy atom. The minimum absolute atomic E-state index is 0.0195. The molecular weight excluding hydrogens is 229 g/mol. The van der Waals surface area contributed by atoms with Crippen molar-refractivity contribution in [3.05, 3.63) is 35.1 Å². The number of nitrogens with zero attached hydrogens (tertiary/aromatic N) is 1. The molecule has 18 heavy (non-hydrogen) atoms. The Morgan fingerprint density at radius 3 is 2.83 bits per heavy atom. The highest BCUT2D eigenvalue weighted by Crippen LogP contribution is 2.34. The van der Waals surface area contributed by atoms with Gasteiger partial charge in [-0.15, -0.1) is 0 Å². The fourth-order valence-electron chi connectivity index (χ4n) is 2.71. The highest BCUT2D eigenvalue weighted by atomic mass is 19.1. The first-order valence-electron chi connectivity index (χ1n) is 6.55. The molecular formula is C15H20FNO. The molecule has 1 aromatic rings. The van der Waals surface area contributed by atoms with Crippen LogP contribution in [0.15, 0.2) is 18.2 Å². The summed E-state index contributed by atoms with van der Waals surface area (Å²) in [5.41, 5.74) is 2.16. The fourth-order valence-corrected chi connectivity index (χ4v) is 2.71. The van der Waals surface area contributed by atoms with E-state index in [9.17, 15) is 9.18 Å². The SMILES string of the molecule is CC(C)C(=O)N(C)C1CCCc2ccc(F)cc21. The number of halogens is 1. The highest BCUT2D eigenvalue weighted by Gasteiger charge is 2.27. The number of hydrogen-bond donors (Lipinski definition) is 0. The Balaban J connectivity index is 2.32. The quantitative estimate of drug-likeness (QED) is 0.787. The minimum Gasteiger partial charge on any atom is -0.338 e. The van der Waals surface area contributed by atoms with Crippen molar-refractivity contribution in [2.75, 3.05) is 7.05 Å². The smallest absolute Gasteiger partial charge is 0.225 e. The van der Waals surface area contributed by atoms with E-state index in [0.717, 1.165) is 24.8 Å². The lowest BCUT2D eigenvalue weighted by Crippen LogP contribution is -2.35. The minimum atomic E-state index is -0.217. The lowest BCUT2D eigenvalue weighted by atomic mass is 9.86. The van der Waals surface area contributed by atoms with Gasteiger partial charge >= 0.3 is 0 Å². The number of amides is 1. The summed E-state index contributed by atoms with van der Waals surface area (Å²) in [7, 11) is 1.83. The summed E-state index contributed by atoms with van der Waals surface area (Å²) in [6.07, 6.45) is 2.96. The molecule has 1 aliphatic carbocycles. The van der Waals surface area contributed by atoms with Crippen LogP contribution in [0.1, 0.15) is 43.9 Å². The zero-order valence-electron chi connectivity index (χ0n) is 11.2. The van der Waals surface area contributed by atoms with Gasteiger partial charge in [0.1, 0.15) is 5.82 Å². The molecule has 2 nitrogen and oxygen atoms in total. The fraction of sp³-hybridized carbons (Fsp3) is 0.533. The van der Waals surface area contributed by atoms with Crippen molar-refractivity contribution in [2.24, 2.45) is 5.92 Å². The maximum atomic E-state index is 13.4. The van der Waals surface area contributed by atoms with E-state index in [1.54, 1.807) is 11.0 Å². The van der Waals surface area contributed by atoms with Gasteiger partial charge < -0.3 is 4.90 Å². The molecule has 2 rings (SSSR count). The average Bonchev–Trinajstić information content (AvgIpc) is 2.36. The Labute approximate surface area is 108 Å². The van der Waals surface area contributed by atoms with Gasteiger partial charge in [0.05, 0.1) is 6.04 Å². The van der Waals surface area contributed by atoms with Crippen LogP contribution in [0.3, 0.4) is 0 Å². The van der Waals surface area contributed by atoms with Gasteiger partial charge in [-0.25, -0.2) is 4.39 Å². The average molecular weight is 249 g/mol. The predicted molar refractivity (Wildman–Crippen MR) is 69.7 cm³/mol. The van der Waals surface area contributed by atoms with Crippen molar-refractivity contribution < 1.29 is 9.18 Å². The van der Waals surface area contributed by atoms with E-state index in [4.69, 9.17) is 0 Å². The van der Waals surface area contributed by atoms with Gasteiger partial charge in [0.2, 0.25) is 5.91 Å². The van der Waals surface area contributed by atoms with E-state index in [1.165, 1.54) is 11.6 Å². The maximum absolute atomic E-state index is 13.4.